The number of carbonyl (C=O) groups excluding carboxylic acids is 1. The van der Waals surface area contributed by atoms with Crippen molar-refractivity contribution >= 4 is 22.8 Å². The lowest BCUT2D eigenvalue weighted by Gasteiger charge is -2.03. The van der Waals surface area contributed by atoms with Crippen LogP contribution in [0, 0.1) is 13.8 Å². The number of hydrogen-bond acceptors (Lipinski definition) is 3. The minimum atomic E-state index is 0.0138. The molecule has 1 aromatic carbocycles. The highest BCUT2D eigenvalue weighted by molar-refractivity contribution is 7.12. The molecule has 0 atom stereocenters. The van der Waals surface area contributed by atoms with Crippen LogP contribution in [0.4, 0.5) is 5.69 Å². The number of para-hydroxylation sites is 1. The van der Waals surface area contributed by atoms with Crippen LogP contribution in [0.1, 0.15) is 25.7 Å². The predicted octanol–water partition coefficient (Wildman–Crippen LogP) is 3.18. The first-order valence-electron chi connectivity index (χ1n) is 5.06. The number of ketones is 1. The second kappa shape index (κ2) is 4.10. The van der Waals surface area contributed by atoms with Crippen molar-refractivity contribution in [2.45, 2.75) is 13.8 Å². The molecule has 2 aromatic rings. The van der Waals surface area contributed by atoms with Gasteiger partial charge in [0.1, 0.15) is 0 Å². The van der Waals surface area contributed by atoms with Crippen molar-refractivity contribution in [3.05, 3.63) is 51.2 Å². The van der Waals surface area contributed by atoms with Gasteiger partial charge in [-0.15, -0.1) is 11.3 Å². The number of rotatable bonds is 2. The van der Waals surface area contributed by atoms with E-state index < -0.39 is 0 Å². The SMILES string of the molecule is Cc1cc(C(=O)c2ccccc2N)c(C)s1. The number of anilines is 1. The fourth-order valence-corrected chi connectivity index (χ4v) is 2.63. The molecule has 1 heterocycles. The van der Waals surface area contributed by atoms with Gasteiger partial charge in [0.2, 0.25) is 0 Å². The van der Waals surface area contributed by atoms with Crippen molar-refractivity contribution in [1.29, 1.82) is 0 Å². The van der Waals surface area contributed by atoms with Gasteiger partial charge in [-0.2, -0.15) is 0 Å². The Labute approximate surface area is 98.7 Å². The van der Waals surface area contributed by atoms with E-state index in [2.05, 4.69) is 0 Å². The fourth-order valence-electron chi connectivity index (χ4n) is 1.71. The van der Waals surface area contributed by atoms with Crippen LogP contribution >= 0.6 is 11.3 Å². The van der Waals surface area contributed by atoms with Crippen LogP contribution in [0.3, 0.4) is 0 Å². The summed E-state index contributed by atoms with van der Waals surface area (Å²) in [5, 5.41) is 0. The highest BCUT2D eigenvalue weighted by Gasteiger charge is 2.15. The van der Waals surface area contributed by atoms with Crippen molar-refractivity contribution in [2.24, 2.45) is 0 Å². The van der Waals surface area contributed by atoms with Gasteiger partial charge in [0.05, 0.1) is 0 Å². The Bertz CT molecular complexity index is 543. The Balaban J connectivity index is 2.47. The second-order valence-electron chi connectivity index (χ2n) is 3.74. The molecule has 0 unspecified atom stereocenters. The molecule has 0 radical (unpaired) electrons. The number of nitrogen functional groups attached to an aromatic ring is 1. The molecular weight excluding hydrogens is 218 g/mol. The summed E-state index contributed by atoms with van der Waals surface area (Å²) >= 11 is 1.64. The van der Waals surface area contributed by atoms with E-state index in [1.807, 2.05) is 32.0 Å². The lowest BCUT2D eigenvalue weighted by Crippen LogP contribution is -2.05. The summed E-state index contributed by atoms with van der Waals surface area (Å²) < 4.78 is 0. The number of hydrogen-bond donors (Lipinski definition) is 1. The van der Waals surface area contributed by atoms with Crippen molar-refractivity contribution in [3.63, 3.8) is 0 Å². The smallest absolute Gasteiger partial charge is 0.196 e. The third-order valence-electron chi connectivity index (χ3n) is 2.49. The highest BCUT2D eigenvalue weighted by Crippen LogP contribution is 2.25. The number of aryl methyl sites for hydroxylation is 2. The zero-order valence-corrected chi connectivity index (χ0v) is 10.1. The maximum atomic E-state index is 12.2. The monoisotopic (exact) mass is 231 g/mol. The first-order chi connectivity index (χ1) is 7.59. The maximum absolute atomic E-state index is 12.2. The quantitative estimate of drug-likeness (QED) is 0.637. The van der Waals surface area contributed by atoms with Crippen molar-refractivity contribution in [3.8, 4) is 0 Å². The second-order valence-corrected chi connectivity index (χ2v) is 5.20. The van der Waals surface area contributed by atoms with Crippen LogP contribution < -0.4 is 5.73 Å². The molecule has 1 aromatic heterocycles. The van der Waals surface area contributed by atoms with E-state index in [-0.39, 0.29) is 5.78 Å². The molecule has 3 heteroatoms. The van der Waals surface area contributed by atoms with Gasteiger partial charge in [0, 0.05) is 26.6 Å². The van der Waals surface area contributed by atoms with Gasteiger partial charge in [-0.3, -0.25) is 4.79 Å². The van der Waals surface area contributed by atoms with Crippen LogP contribution in [-0.2, 0) is 0 Å². The molecule has 0 aliphatic carbocycles. The molecule has 0 aliphatic rings. The molecule has 0 fully saturated rings. The van der Waals surface area contributed by atoms with Crippen LogP contribution in [0.2, 0.25) is 0 Å². The number of carbonyl (C=O) groups is 1. The van der Waals surface area contributed by atoms with Crippen LogP contribution in [0.5, 0.6) is 0 Å². The van der Waals surface area contributed by atoms with Gasteiger partial charge in [-0.25, -0.2) is 0 Å². The molecule has 0 bridgehead atoms. The minimum absolute atomic E-state index is 0.0138. The van der Waals surface area contributed by atoms with Crippen LogP contribution in [0.25, 0.3) is 0 Å². The maximum Gasteiger partial charge on any atom is 0.196 e. The fraction of sp³-hybridized carbons (Fsp3) is 0.154. The largest absolute Gasteiger partial charge is 0.398 e. The van der Waals surface area contributed by atoms with Gasteiger partial charge >= 0.3 is 0 Å². The van der Waals surface area contributed by atoms with Crippen molar-refractivity contribution < 1.29 is 4.79 Å². The van der Waals surface area contributed by atoms with E-state index in [9.17, 15) is 4.79 Å². The predicted molar refractivity (Wildman–Crippen MR) is 68.1 cm³/mol. The Kier molecular flexibility index (Phi) is 2.79. The lowest BCUT2D eigenvalue weighted by molar-refractivity contribution is 0.103. The molecule has 0 saturated carbocycles. The average Bonchev–Trinajstić information content (AvgIpc) is 2.58. The first-order valence-corrected chi connectivity index (χ1v) is 5.87. The molecule has 82 valence electrons. The first kappa shape index (κ1) is 10.9. The molecule has 2 rings (SSSR count). The normalized spacial score (nSPS) is 10.4. The van der Waals surface area contributed by atoms with Crippen LogP contribution in [0.15, 0.2) is 30.3 Å². The summed E-state index contributed by atoms with van der Waals surface area (Å²) in [6.07, 6.45) is 0. The Morgan fingerprint density at radius 1 is 1.19 bits per heavy atom. The van der Waals surface area contributed by atoms with Crippen LogP contribution in [-0.4, -0.2) is 5.78 Å². The third-order valence-corrected chi connectivity index (χ3v) is 3.46. The topological polar surface area (TPSA) is 43.1 Å². The highest BCUT2D eigenvalue weighted by atomic mass is 32.1. The summed E-state index contributed by atoms with van der Waals surface area (Å²) in [6, 6.07) is 9.11. The van der Waals surface area contributed by atoms with E-state index >= 15 is 0 Å². The summed E-state index contributed by atoms with van der Waals surface area (Å²) in [5.41, 5.74) is 7.69. The van der Waals surface area contributed by atoms with Crippen molar-refractivity contribution in [1.82, 2.24) is 0 Å². The molecule has 0 spiro atoms. The standard InChI is InChI=1S/C13H13NOS/c1-8-7-11(9(2)16-8)13(15)10-5-3-4-6-12(10)14/h3-7H,14H2,1-2H3. The molecular formula is C13H13NOS. The van der Waals surface area contributed by atoms with E-state index in [4.69, 9.17) is 5.73 Å². The zero-order chi connectivity index (χ0) is 11.7. The number of nitrogens with two attached hydrogens (primary N) is 1. The summed E-state index contributed by atoms with van der Waals surface area (Å²) in [7, 11) is 0. The van der Waals surface area contributed by atoms with E-state index in [0.29, 0.717) is 11.3 Å². The molecule has 2 nitrogen and oxygen atoms in total. The molecule has 2 N–H and O–H groups in total. The molecule has 0 saturated heterocycles. The van der Waals surface area contributed by atoms with Gasteiger partial charge in [0.15, 0.2) is 5.78 Å². The van der Waals surface area contributed by atoms with E-state index in [1.165, 1.54) is 0 Å². The summed E-state index contributed by atoms with van der Waals surface area (Å²) in [4.78, 5) is 14.4. The van der Waals surface area contributed by atoms with E-state index in [0.717, 1.165) is 15.3 Å². The minimum Gasteiger partial charge on any atom is -0.398 e. The average molecular weight is 231 g/mol. The van der Waals surface area contributed by atoms with Gasteiger partial charge in [-0.1, -0.05) is 12.1 Å². The summed E-state index contributed by atoms with van der Waals surface area (Å²) in [5.74, 6) is 0.0138. The number of thiophene rings is 1. The van der Waals surface area contributed by atoms with Gasteiger partial charge in [-0.05, 0) is 32.0 Å². The number of benzene rings is 1. The molecule has 16 heavy (non-hydrogen) atoms. The van der Waals surface area contributed by atoms with Gasteiger partial charge in [0.25, 0.3) is 0 Å². The Hall–Kier alpha value is -1.61. The Morgan fingerprint density at radius 2 is 1.88 bits per heavy atom. The molecule has 0 amide bonds. The Morgan fingerprint density at radius 3 is 2.44 bits per heavy atom. The van der Waals surface area contributed by atoms with Crippen molar-refractivity contribution in [2.75, 3.05) is 5.73 Å². The zero-order valence-electron chi connectivity index (χ0n) is 9.28. The lowest BCUT2D eigenvalue weighted by atomic mass is 10.0. The molecule has 0 aliphatic heterocycles. The van der Waals surface area contributed by atoms with E-state index in [1.54, 1.807) is 23.5 Å². The van der Waals surface area contributed by atoms with Gasteiger partial charge < -0.3 is 5.73 Å². The third kappa shape index (κ3) is 1.86. The summed E-state index contributed by atoms with van der Waals surface area (Å²) in [6.45, 7) is 3.97.